The molecule has 1 fully saturated rings. The van der Waals surface area contributed by atoms with Crippen molar-refractivity contribution in [1.29, 1.82) is 0 Å². The molecule has 0 aliphatic carbocycles. The molecule has 2 aromatic rings. The highest BCUT2D eigenvalue weighted by Gasteiger charge is 2.32. The van der Waals surface area contributed by atoms with E-state index in [2.05, 4.69) is 16.3 Å². The van der Waals surface area contributed by atoms with Crippen LogP contribution >= 0.6 is 0 Å². The second-order valence-electron chi connectivity index (χ2n) is 7.05. The van der Waals surface area contributed by atoms with Gasteiger partial charge >= 0.3 is 0 Å². The van der Waals surface area contributed by atoms with Crippen LogP contribution in [0.15, 0.2) is 30.3 Å². The fourth-order valence-electron chi connectivity index (χ4n) is 2.55. The summed E-state index contributed by atoms with van der Waals surface area (Å²) < 4.78 is 5.23. The smallest absolute Gasteiger partial charge is 0.225 e. The van der Waals surface area contributed by atoms with Gasteiger partial charge in [0.2, 0.25) is 5.91 Å². The molecule has 1 aromatic carbocycles. The van der Waals surface area contributed by atoms with E-state index in [0.717, 1.165) is 35.6 Å². The van der Waals surface area contributed by atoms with E-state index < -0.39 is 0 Å². The number of fused-ring (bicyclic) bond motifs is 1. The molecular formula is C18H23N3O2. The van der Waals surface area contributed by atoms with Gasteiger partial charge in [-0.25, -0.2) is 4.98 Å². The molecule has 1 aliphatic rings. The van der Waals surface area contributed by atoms with E-state index in [0.29, 0.717) is 0 Å². The first-order valence-corrected chi connectivity index (χ1v) is 7.87. The van der Waals surface area contributed by atoms with E-state index in [-0.39, 0.29) is 17.4 Å². The number of methoxy groups -OCH3 is 1. The molecule has 1 amide bonds. The molecule has 1 saturated heterocycles. The summed E-state index contributed by atoms with van der Waals surface area (Å²) in [6.07, 6.45) is 0. The Hall–Kier alpha value is -2.30. The van der Waals surface area contributed by atoms with Gasteiger partial charge in [0.25, 0.3) is 0 Å². The summed E-state index contributed by atoms with van der Waals surface area (Å²) in [5.74, 6) is 1.88. The Balaban J connectivity index is 1.66. The van der Waals surface area contributed by atoms with E-state index >= 15 is 0 Å². The minimum atomic E-state index is -0.347. The van der Waals surface area contributed by atoms with E-state index in [1.165, 1.54) is 0 Å². The zero-order valence-electron chi connectivity index (χ0n) is 14.1. The van der Waals surface area contributed by atoms with Crippen LogP contribution in [0.3, 0.4) is 0 Å². The third-order valence-corrected chi connectivity index (χ3v) is 4.10. The summed E-state index contributed by atoms with van der Waals surface area (Å²) in [4.78, 5) is 18.9. The van der Waals surface area contributed by atoms with Crippen LogP contribution in [0.1, 0.15) is 20.8 Å². The first-order valence-electron chi connectivity index (χ1n) is 7.87. The summed E-state index contributed by atoms with van der Waals surface area (Å²) >= 11 is 0. The van der Waals surface area contributed by atoms with E-state index in [9.17, 15) is 4.79 Å². The van der Waals surface area contributed by atoms with Crippen molar-refractivity contribution in [1.82, 2.24) is 10.3 Å². The highest BCUT2D eigenvalue weighted by molar-refractivity contribution is 5.83. The standard InChI is InChI=1S/C18H23N3O2/c1-18(2,3)17(22)19-13-10-21(11-13)16-8-5-12-9-14(23-4)6-7-15(12)20-16/h5-9,13H,10-11H2,1-4H3,(H,19,22). The molecule has 2 heterocycles. The van der Waals surface area contributed by atoms with Crippen LogP contribution < -0.4 is 15.0 Å². The predicted octanol–water partition coefficient (Wildman–Crippen LogP) is 2.59. The van der Waals surface area contributed by atoms with Crippen molar-refractivity contribution in [2.45, 2.75) is 26.8 Å². The maximum atomic E-state index is 12.0. The number of carbonyl (C=O) groups is 1. The Bertz CT molecular complexity index is 731. The minimum Gasteiger partial charge on any atom is -0.497 e. The highest BCUT2D eigenvalue weighted by atomic mass is 16.5. The molecule has 23 heavy (non-hydrogen) atoms. The molecule has 122 valence electrons. The molecule has 1 aliphatic heterocycles. The number of nitrogens with one attached hydrogen (secondary N) is 1. The van der Waals surface area contributed by atoms with E-state index in [1.54, 1.807) is 7.11 Å². The number of amides is 1. The molecule has 0 bridgehead atoms. The van der Waals surface area contributed by atoms with Gasteiger partial charge in [-0.2, -0.15) is 0 Å². The predicted molar refractivity (Wildman–Crippen MR) is 91.9 cm³/mol. The third kappa shape index (κ3) is 3.23. The van der Waals surface area contributed by atoms with Crippen molar-refractivity contribution in [2.24, 2.45) is 5.41 Å². The van der Waals surface area contributed by atoms with Crippen molar-refractivity contribution in [3.05, 3.63) is 30.3 Å². The Labute approximate surface area is 136 Å². The van der Waals surface area contributed by atoms with Gasteiger partial charge in [0.05, 0.1) is 18.7 Å². The fraction of sp³-hybridized carbons (Fsp3) is 0.444. The summed E-state index contributed by atoms with van der Waals surface area (Å²) in [5.41, 5.74) is 0.603. The molecule has 3 rings (SSSR count). The minimum absolute atomic E-state index is 0.0979. The Morgan fingerprint density at radius 3 is 2.65 bits per heavy atom. The number of carbonyl (C=O) groups excluding carboxylic acids is 1. The first-order chi connectivity index (χ1) is 10.9. The topological polar surface area (TPSA) is 54.5 Å². The first kappa shape index (κ1) is 15.6. The Morgan fingerprint density at radius 1 is 1.26 bits per heavy atom. The van der Waals surface area contributed by atoms with Crippen molar-refractivity contribution >= 4 is 22.6 Å². The van der Waals surface area contributed by atoms with Crippen molar-refractivity contribution < 1.29 is 9.53 Å². The largest absolute Gasteiger partial charge is 0.497 e. The average molecular weight is 313 g/mol. The number of hydrogen-bond acceptors (Lipinski definition) is 4. The van der Waals surface area contributed by atoms with Gasteiger partial charge in [-0.1, -0.05) is 20.8 Å². The molecule has 0 unspecified atom stereocenters. The molecule has 0 spiro atoms. The summed E-state index contributed by atoms with van der Waals surface area (Å²) in [5, 5.41) is 4.14. The lowest BCUT2D eigenvalue weighted by atomic mass is 9.94. The number of nitrogens with zero attached hydrogens (tertiary/aromatic N) is 2. The van der Waals surface area contributed by atoms with Crippen LogP contribution in [0.25, 0.3) is 10.9 Å². The molecule has 5 nitrogen and oxygen atoms in total. The SMILES string of the molecule is COc1ccc2nc(N3CC(NC(=O)C(C)(C)C)C3)ccc2c1. The summed E-state index contributed by atoms with van der Waals surface area (Å²) in [6, 6.07) is 10.1. The third-order valence-electron chi connectivity index (χ3n) is 4.10. The van der Waals surface area contributed by atoms with Crippen LogP contribution in [-0.2, 0) is 4.79 Å². The quantitative estimate of drug-likeness (QED) is 0.946. The normalized spacial score (nSPS) is 15.4. The second-order valence-corrected chi connectivity index (χ2v) is 7.05. The molecule has 0 saturated carbocycles. The number of pyridine rings is 1. The lowest BCUT2D eigenvalue weighted by molar-refractivity contribution is -0.129. The van der Waals surface area contributed by atoms with Crippen molar-refractivity contribution in [3.8, 4) is 5.75 Å². The number of benzene rings is 1. The van der Waals surface area contributed by atoms with Gasteiger partial charge < -0.3 is 15.0 Å². The number of hydrogen-bond donors (Lipinski definition) is 1. The Morgan fingerprint density at radius 2 is 2.00 bits per heavy atom. The monoisotopic (exact) mass is 313 g/mol. The van der Waals surface area contributed by atoms with Crippen molar-refractivity contribution in [2.75, 3.05) is 25.1 Å². The zero-order chi connectivity index (χ0) is 16.6. The van der Waals surface area contributed by atoms with Gasteiger partial charge in [-0.15, -0.1) is 0 Å². The number of ether oxygens (including phenoxy) is 1. The van der Waals surface area contributed by atoms with Crippen LogP contribution in [-0.4, -0.2) is 37.1 Å². The lowest BCUT2D eigenvalue weighted by Crippen LogP contribution is -2.61. The molecular weight excluding hydrogens is 290 g/mol. The highest BCUT2D eigenvalue weighted by Crippen LogP contribution is 2.25. The average Bonchev–Trinajstić information content (AvgIpc) is 2.48. The van der Waals surface area contributed by atoms with Crippen molar-refractivity contribution in [3.63, 3.8) is 0 Å². The fourth-order valence-corrected chi connectivity index (χ4v) is 2.55. The summed E-state index contributed by atoms with van der Waals surface area (Å²) in [7, 11) is 1.66. The van der Waals surface area contributed by atoms with Crippen LogP contribution in [0.5, 0.6) is 5.75 Å². The molecule has 0 radical (unpaired) electrons. The lowest BCUT2D eigenvalue weighted by Gasteiger charge is -2.41. The second kappa shape index (κ2) is 5.72. The maximum absolute atomic E-state index is 12.0. The number of anilines is 1. The molecule has 0 atom stereocenters. The van der Waals surface area contributed by atoms with Crippen LogP contribution in [0.2, 0.25) is 0 Å². The summed E-state index contributed by atoms with van der Waals surface area (Å²) in [6.45, 7) is 7.39. The van der Waals surface area contributed by atoms with Gasteiger partial charge in [0.15, 0.2) is 0 Å². The van der Waals surface area contributed by atoms with Gasteiger partial charge in [-0.3, -0.25) is 4.79 Å². The van der Waals surface area contributed by atoms with E-state index in [1.807, 2.05) is 45.0 Å². The maximum Gasteiger partial charge on any atom is 0.225 e. The van der Waals surface area contributed by atoms with Crippen LogP contribution in [0, 0.1) is 5.41 Å². The van der Waals surface area contributed by atoms with Gasteiger partial charge in [0, 0.05) is 23.9 Å². The van der Waals surface area contributed by atoms with Crippen LogP contribution in [0.4, 0.5) is 5.82 Å². The Kier molecular flexibility index (Phi) is 3.88. The molecule has 1 aromatic heterocycles. The van der Waals surface area contributed by atoms with Gasteiger partial charge in [-0.05, 0) is 30.3 Å². The zero-order valence-corrected chi connectivity index (χ0v) is 14.1. The molecule has 5 heteroatoms. The molecule has 1 N–H and O–H groups in total. The van der Waals surface area contributed by atoms with E-state index in [4.69, 9.17) is 9.72 Å². The number of aromatic nitrogens is 1. The number of rotatable bonds is 3. The van der Waals surface area contributed by atoms with Gasteiger partial charge in [0.1, 0.15) is 11.6 Å².